The van der Waals surface area contributed by atoms with Gasteiger partial charge in [-0.15, -0.1) is 0 Å². The Kier molecular flexibility index (Phi) is 5.12. The van der Waals surface area contributed by atoms with E-state index in [2.05, 4.69) is 24.5 Å². The fraction of sp³-hybridized carbons (Fsp3) is 0.533. The Bertz CT molecular complexity index is 497. The van der Waals surface area contributed by atoms with Gasteiger partial charge in [0.1, 0.15) is 17.3 Å². The summed E-state index contributed by atoms with van der Waals surface area (Å²) in [4.78, 5) is 12.8. The number of halogens is 2. The largest absolute Gasteiger partial charge is 0.356 e. The monoisotopic (exact) mass is 297 g/mol. The van der Waals surface area contributed by atoms with E-state index in [0.29, 0.717) is 31.1 Å². The van der Waals surface area contributed by atoms with Crippen molar-refractivity contribution in [3.8, 4) is 0 Å². The first-order valence-corrected chi connectivity index (χ1v) is 7.17. The van der Waals surface area contributed by atoms with Gasteiger partial charge in [-0.05, 0) is 30.2 Å². The Balaban J connectivity index is 2.11. The Labute approximate surface area is 123 Å². The first kappa shape index (κ1) is 15.7. The molecule has 0 unspecified atom stereocenters. The van der Waals surface area contributed by atoms with Crippen molar-refractivity contribution >= 4 is 11.6 Å². The molecule has 1 amide bonds. The number of nitrogens with one attached hydrogen (secondary N) is 2. The van der Waals surface area contributed by atoms with E-state index in [0.717, 1.165) is 6.54 Å². The molecule has 1 saturated heterocycles. The summed E-state index contributed by atoms with van der Waals surface area (Å²) in [6.07, 6.45) is 0. The van der Waals surface area contributed by atoms with Crippen LogP contribution >= 0.6 is 0 Å². The molecule has 1 aliphatic rings. The number of carbonyl (C=O) groups is 1. The Morgan fingerprint density at radius 2 is 2.00 bits per heavy atom. The molecule has 1 fully saturated rings. The summed E-state index contributed by atoms with van der Waals surface area (Å²) in [7, 11) is 0. The van der Waals surface area contributed by atoms with Gasteiger partial charge in [-0.2, -0.15) is 0 Å². The zero-order valence-corrected chi connectivity index (χ0v) is 12.4. The van der Waals surface area contributed by atoms with Gasteiger partial charge in [-0.3, -0.25) is 4.79 Å². The van der Waals surface area contributed by atoms with Crippen molar-refractivity contribution in [2.24, 2.45) is 5.92 Å². The van der Waals surface area contributed by atoms with Gasteiger partial charge in [-0.1, -0.05) is 13.8 Å². The van der Waals surface area contributed by atoms with Crippen LogP contribution in [-0.4, -0.2) is 32.1 Å². The van der Waals surface area contributed by atoms with Gasteiger partial charge in [0.25, 0.3) is 0 Å². The maximum Gasteiger partial charge on any atom is 0.239 e. The van der Waals surface area contributed by atoms with Crippen LogP contribution < -0.4 is 15.5 Å². The summed E-state index contributed by atoms with van der Waals surface area (Å²) < 4.78 is 28.3. The number of nitrogens with zero attached hydrogens (tertiary/aromatic N) is 1. The number of carbonyl (C=O) groups excluding carboxylic acids is 1. The molecule has 21 heavy (non-hydrogen) atoms. The van der Waals surface area contributed by atoms with E-state index in [-0.39, 0.29) is 18.1 Å². The molecule has 0 radical (unpaired) electrons. The van der Waals surface area contributed by atoms with Crippen LogP contribution in [0.2, 0.25) is 0 Å². The molecule has 0 aliphatic carbocycles. The third-order valence-corrected chi connectivity index (χ3v) is 3.31. The lowest BCUT2D eigenvalue weighted by Gasteiger charge is -2.29. The number of hydrogen-bond acceptors (Lipinski definition) is 3. The van der Waals surface area contributed by atoms with Gasteiger partial charge in [0.05, 0.1) is 6.54 Å². The third-order valence-electron chi connectivity index (χ3n) is 3.31. The van der Waals surface area contributed by atoms with E-state index < -0.39 is 11.6 Å². The SMILES string of the molecule is CC(C)CNCc1cc(F)c(N2CCNC(=O)C2)c(F)c1. The van der Waals surface area contributed by atoms with Crippen LogP contribution in [-0.2, 0) is 11.3 Å². The lowest BCUT2D eigenvalue weighted by atomic mass is 10.1. The third kappa shape index (κ3) is 4.14. The molecule has 2 rings (SSSR count). The lowest BCUT2D eigenvalue weighted by Crippen LogP contribution is -2.48. The minimum absolute atomic E-state index is 0.0151. The van der Waals surface area contributed by atoms with E-state index in [4.69, 9.17) is 0 Å². The quantitative estimate of drug-likeness (QED) is 0.868. The van der Waals surface area contributed by atoms with E-state index in [9.17, 15) is 13.6 Å². The van der Waals surface area contributed by atoms with E-state index in [1.807, 2.05) is 0 Å². The van der Waals surface area contributed by atoms with Crippen molar-refractivity contribution in [3.63, 3.8) is 0 Å². The molecule has 0 atom stereocenters. The second kappa shape index (κ2) is 6.85. The molecule has 0 saturated carbocycles. The van der Waals surface area contributed by atoms with Gasteiger partial charge >= 0.3 is 0 Å². The fourth-order valence-electron chi connectivity index (χ4n) is 2.36. The van der Waals surface area contributed by atoms with Crippen LogP contribution in [0, 0.1) is 17.6 Å². The number of amides is 1. The number of anilines is 1. The van der Waals surface area contributed by atoms with Crippen molar-refractivity contribution < 1.29 is 13.6 Å². The van der Waals surface area contributed by atoms with Crippen LogP contribution in [0.1, 0.15) is 19.4 Å². The van der Waals surface area contributed by atoms with Crippen LogP contribution in [0.15, 0.2) is 12.1 Å². The molecule has 4 nitrogen and oxygen atoms in total. The molecule has 2 N–H and O–H groups in total. The van der Waals surface area contributed by atoms with Gasteiger partial charge in [0.15, 0.2) is 0 Å². The normalized spacial score (nSPS) is 15.5. The fourth-order valence-corrected chi connectivity index (χ4v) is 2.36. The Morgan fingerprint density at radius 1 is 1.33 bits per heavy atom. The molecule has 0 aromatic heterocycles. The topological polar surface area (TPSA) is 44.4 Å². The summed E-state index contributed by atoms with van der Waals surface area (Å²) in [5.74, 6) is -0.981. The summed E-state index contributed by atoms with van der Waals surface area (Å²) >= 11 is 0. The standard InChI is InChI=1S/C15H21F2N3O/c1-10(2)7-18-8-11-5-12(16)15(13(17)6-11)20-4-3-19-14(21)9-20/h5-6,10,18H,3-4,7-9H2,1-2H3,(H,19,21). The van der Waals surface area contributed by atoms with E-state index in [1.54, 1.807) is 0 Å². The van der Waals surface area contributed by atoms with Gasteiger partial charge in [-0.25, -0.2) is 8.78 Å². The molecule has 1 heterocycles. The number of benzene rings is 1. The summed E-state index contributed by atoms with van der Waals surface area (Å²) in [6.45, 7) is 6.14. The number of piperazine rings is 1. The second-order valence-electron chi connectivity index (χ2n) is 5.70. The Hall–Kier alpha value is -1.69. The van der Waals surface area contributed by atoms with Crippen LogP contribution in [0.5, 0.6) is 0 Å². The van der Waals surface area contributed by atoms with Crippen LogP contribution in [0.3, 0.4) is 0 Å². The van der Waals surface area contributed by atoms with Gasteiger partial charge < -0.3 is 15.5 Å². The molecule has 1 aromatic rings. The highest BCUT2D eigenvalue weighted by Gasteiger charge is 2.23. The summed E-state index contributed by atoms with van der Waals surface area (Å²) in [5, 5.41) is 5.79. The highest BCUT2D eigenvalue weighted by atomic mass is 19.1. The molecule has 6 heteroatoms. The minimum atomic E-state index is -0.619. The first-order chi connectivity index (χ1) is 9.97. The average molecular weight is 297 g/mol. The maximum absolute atomic E-state index is 14.2. The number of hydrogen-bond donors (Lipinski definition) is 2. The lowest BCUT2D eigenvalue weighted by molar-refractivity contribution is -0.120. The van der Waals surface area contributed by atoms with Crippen molar-refractivity contribution in [1.82, 2.24) is 10.6 Å². The van der Waals surface area contributed by atoms with Crippen LogP contribution in [0.4, 0.5) is 14.5 Å². The van der Waals surface area contributed by atoms with E-state index >= 15 is 0 Å². The summed E-state index contributed by atoms with van der Waals surface area (Å²) in [6, 6.07) is 2.66. The zero-order valence-electron chi connectivity index (χ0n) is 12.4. The first-order valence-electron chi connectivity index (χ1n) is 7.17. The molecule has 1 aliphatic heterocycles. The smallest absolute Gasteiger partial charge is 0.239 e. The molecule has 0 bridgehead atoms. The van der Waals surface area contributed by atoms with Crippen molar-refractivity contribution in [2.75, 3.05) is 31.1 Å². The predicted molar refractivity (Wildman–Crippen MR) is 78.1 cm³/mol. The molecule has 1 aromatic carbocycles. The molecular formula is C15H21F2N3O. The van der Waals surface area contributed by atoms with E-state index in [1.165, 1.54) is 17.0 Å². The predicted octanol–water partition coefficient (Wildman–Crippen LogP) is 1.65. The van der Waals surface area contributed by atoms with Crippen molar-refractivity contribution in [2.45, 2.75) is 20.4 Å². The Morgan fingerprint density at radius 3 is 2.57 bits per heavy atom. The van der Waals surface area contributed by atoms with Crippen molar-refractivity contribution in [3.05, 3.63) is 29.3 Å². The minimum Gasteiger partial charge on any atom is -0.356 e. The maximum atomic E-state index is 14.2. The molecule has 0 spiro atoms. The summed E-state index contributed by atoms with van der Waals surface area (Å²) in [5.41, 5.74) is 0.452. The number of rotatable bonds is 5. The highest BCUT2D eigenvalue weighted by molar-refractivity contribution is 5.82. The molecule has 116 valence electrons. The van der Waals surface area contributed by atoms with Gasteiger partial charge in [0, 0.05) is 19.6 Å². The molecular weight excluding hydrogens is 276 g/mol. The average Bonchev–Trinajstić information content (AvgIpc) is 2.37. The van der Waals surface area contributed by atoms with Gasteiger partial charge in [0.2, 0.25) is 5.91 Å². The van der Waals surface area contributed by atoms with Crippen molar-refractivity contribution in [1.29, 1.82) is 0 Å². The second-order valence-corrected chi connectivity index (χ2v) is 5.70. The van der Waals surface area contributed by atoms with Crippen LogP contribution in [0.25, 0.3) is 0 Å². The zero-order chi connectivity index (χ0) is 15.4. The highest BCUT2D eigenvalue weighted by Crippen LogP contribution is 2.25.